The van der Waals surface area contributed by atoms with E-state index in [1.54, 1.807) is 0 Å². The highest BCUT2D eigenvalue weighted by atomic mass is 35.5. The Kier molecular flexibility index (Phi) is 4.91. The van der Waals surface area contributed by atoms with Crippen LogP contribution in [0.1, 0.15) is 18.9 Å². The summed E-state index contributed by atoms with van der Waals surface area (Å²) in [5.74, 6) is 0.219. The van der Waals surface area contributed by atoms with E-state index in [0.717, 1.165) is 38.2 Å². The van der Waals surface area contributed by atoms with Crippen molar-refractivity contribution < 1.29 is 4.79 Å². The summed E-state index contributed by atoms with van der Waals surface area (Å²) in [7, 11) is 0. The summed E-state index contributed by atoms with van der Waals surface area (Å²) in [6, 6.07) is 8.21. The minimum atomic E-state index is 0. The number of anilines is 1. The van der Waals surface area contributed by atoms with Crippen molar-refractivity contribution >= 4 is 24.0 Å². The van der Waals surface area contributed by atoms with Crippen molar-refractivity contribution in [3.05, 3.63) is 29.8 Å². The third-order valence-corrected chi connectivity index (χ3v) is 4.68. The van der Waals surface area contributed by atoms with Gasteiger partial charge in [-0.3, -0.25) is 9.69 Å². The van der Waals surface area contributed by atoms with Gasteiger partial charge in [-0.15, -0.1) is 12.4 Å². The summed E-state index contributed by atoms with van der Waals surface area (Å²) in [5.41, 5.74) is 8.39. The van der Waals surface area contributed by atoms with Crippen molar-refractivity contribution in [1.82, 2.24) is 4.90 Å². The first-order valence-corrected chi connectivity index (χ1v) is 7.42. The zero-order valence-corrected chi connectivity index (χ0v) is 13.4. The number of para-hydroxylation sites is 1. The fourth-order valence-corrected chi connectivity index (χ4v) is 3.30. The van der Waals surface area contributed by atoms with Gasteiger partial charge < -0.3 is 10.6 Å². The van der Waals surface area contributed by atoms with Gasteiger partial charge in [0, 0.05) is 18.8 Å². The molecule has 1 amide bonds. The zero-order chi connectivity index (χ0) is 14.2. The second-order valence-corrected chi connectivity index (χ2v) is 6.40. The maximum atomic E-state index is 12.5. The molecule has 0 radical (unpaired) electrons. The van der Waals surface area contributed by atoms with Crippen LogP contribution in [0.25, 0.3) is 0 Å². The van der Waals surface area contributed by atoms with Crippen LogP contribution in [0, 0.1) is 5.41 Å². The zero-order valence-electron chi connectivity index (χ0n) is 12.5. The Balaban J connectivity index is 0.00000161. The number of halogens is 1. The highest BCUT2D eigenvalue weighted by Crippen LogP contribution is 2.30. The van der Waals surface area contributed by atoms with Crippen molar-refractivity contribution in [2.45, 2.75) is 19.8 Å². The van der Waals surface area contributed by atoms with E-state index in [1.165, 1.54) is 5.56 Å². The fraction of sp³-hybridized carbons (Fsp3) is 0.562. The van der Waals surface area contributed by atoms with Crippen molar-refractivity contribution in [3.63, 3.8) is 0 Å². The van der Waals surface area contributed by atoms with Gasteiger partial charge in [-0.1, -0.05) is 25.1 Å². The van der Waals surface area contributed by atoms with Gasteiger partial charge in [0.25, 0.3) is 0 Å². The molecule has 1 atom stereocenters. The minimum Gasteiger partial charge on any atom is -0.330 e. The van der Waals surface area contributed by atoms with Crippen LogP contribution in [0.2, 0.25) is 0 Å². The number of fused-ring (bicyclic) bond motifs is 1. The lowest BCUT2D eigenvalue weighted by atomic mass is 9.90. The molecule has 1 aromatic rings. The quantitative estimate of drug-likeness (QED) is 0.924. The Labute approximate surface area is 132 Å². The maximum Gasteiger partial charge on any atom is 0.241 e. The molecule has 1 aromatic carbocycles. The number of hydrogen-bond donors (Lipinski definition) is 1. The van der Waals surface area contributed by atoms with Gasteiger partial charge in [-0.25, -0.2) is 0 Å². The van der Waals surface area contributed by atoms with Gasteiger partial charge in [-0.05, 0) is 43.0 Å². The third kappa shape index (κ3) is 3.23. The summed E-state index contributed by atoms with van der Waals surface area (Å²) < 4.78 is 0. The number of carbonyl (C=O) groups excluding carboxylic acids is 1. The van der Waals surface area contributed by atoms with Crippen molar-refractivity contribution in [2.24, 2.45) is 11.1 Å². The Morgan fingerprint density at radius 2 is 2.10 bits per heavy atom. The number of rotatable bonds is 3. The number of nitrogens with zero attached hydrogens (tertiary/aromatic N) is 2. The molecule has 3 rings (SSSR count). The molecule has 2 aliphatic rings. The van der Waals surface area contributed by atoms with Gasteiger partial charge in [0.15, 0.2) is 0 Å². The highest BCUT2D eigenvalue weighted by molar-refractivity contribution is 5.96. The molecule has 2 N–H and O–H groups in total. The summed E-state index contributed by atoms with van der Waals surface area (Å²) in [5, 5.41) is 0. The molecular formula is C16H24ClN3O. The largest absolute Gasteiger partial charge is 0.330 e. The first-order valence-electron chi connectivity index (χ1n) is 7.42. The Morgan fingerprint density at radius 3 is 2.81 bits per heavy atom. The van der Waals surface area contributed by atoms with E-state index in [9.17, 15) is 4.79 Å². The molecule has 21 heavy (non-hydrogen) atoms. The molecule has 1 unspecified atom stereocenters. The SMILES string of the molecule is CC1(CN)CCN(CC(=O)N2CCc3ccccc32)C1.Cl. The Bertz CT molecular complexity index is 522. The van der Waals surface area contributed by atoms with Crippen LogP contribution >= 0.6 is 12.4 Å². The number of amides is 1. The molecule has 2 heterocycles. The minimum absolute atomic E-state index is 0. The van der Waals surface area contributed by atoms with Crippen LogP contribution in [0.5, 0.6) is 0 Å². The molecule has 4 nitrogen and oxygen atoms in total. The van der Waals surface area contributed by atoms with Crippen LogP contribution in [0.3, 0.4) is 0 Å². The summed E-state index contributed by atoms with van der Waals surface area (Å²) in [4.78, 5) is 16.7. The molecule has 1 saturated heterocycles. The third-order valence-electron chi connectivity index (χ3n) is 4.68. The second kappa shape index (κ2) is 6.34. The van der Waals surface area contributed by atoms with Crippen molar-refractivity contribution in [2.75, 3.05) is 37.6 Å². The lowest BCUT2D eigenvalue weighted by molar-refractivity contribution is -0.119. The van der Waals surface area contributed by atoms with Crippen LogP contribution in [0.15, 0.2) is 24.3 Å². The highest BCUT2D eigenvalue weighted by Gasteiger charge is 2.34. The van der Waals surface area contributed by atoms with E-state index in [1.807, 2.05) is 23.1 Å². The number of hydrogen-bond acceptors (Lipinski definition) is 3. The second-order valence-electron chi connectivity index (χ2n) is 6.40. The Hall–Kier alpha value is -1.10. The van der Waals surface area contributed by atoms with E-state index >= 15 is 0 Å². The van der Waals surface area contributed by atoms with Gasteiger partial charge >= 0.3 is 0 Å². The number of benzene rings is 1. The average Bonchev–Trinajstić information content (AvgIpc) is 3.03. The lowest BCUT2D eigenvalue weighted by Gasteiger charge is -2.24. The van der Waals surface area contributed by atoms with Gasteiger partial charge in [0.2, 0.25) is 5.91 Å². The topological polar surface area (TPSA) is 49.6 Å². The Morgan fingerprint density at radius 1 is 1.33 bits per heavy atom. The lowest BCUT2D eigenvalue weighted by Crippen LogP contribution is -2.40. The molecule has 2 aliphatic heterocycles. The molecule has 1 fully saturated rings. The van der Waals surface area contributed by atoms with Gasteiger partial charge in [0.1, 0.15) is 0 Å². The first-order chi connectivity index (χ1) is 9.61. The first kappa shape index (κ1) is 16.3. The summed E-state index contributed by atoms with van der Waals surface area (Å²) in [6.07, 6.45) is 2.07. The van der Waals surface area contributed by atoms with Crippen LogP contribution in [-0.2, 0) is 11.2 Å². The average molecular weight is 310 g/mol. The smallest absolute Gasteiger partial charge is 0.241 e. The van der Waals surface area contributed by atoms with E-state index in [-0.39, 0.29) is 23.7 Å². The van der Waals surface area contributed by atoms with Crippen LogP contribution in [0.4, 0.5) is 5.69 Å². The van der Waals surface area contributed by atoms with E-state index in [4.69, 9.17) is 5.73 Å². The van der Waals surface area contributed by atoms with Crippen LogP contribution < -0.4 is 10.6 Å². The summed E-state index contributed by atoms with van der Waals surface area (Å²) in [6.45, 7) is 6.16. The summed E-state index contributed by atoms with van der Waals surface area (Å²) >= 11 is 0. The molecule has 5 heteroatoms. The van der Waals surface area contributed by atoms with Gasteiger partial charge in [-0.2, -0.15) is 0 Å². The van der Waals surface area contributed by atoms with Gasteiger partial charge in [0.05, 0.1) is 6.54 Å². The number of nitrogens with two attached hydrogens (primary N) is 1. The molecular weight excluding hydrogens is 286 g/mol. The van der Waals surface area contributed by atoms with Crippen molar-refractivity contribution in [1.29, 1.82) is 0 Å². The molecule has 0 spiro atoms. The molecule has 0 saturated carbocycles. The standard InChI is InChI=1S/C16H23N3O.ClH/c1-16(11-17)7-9-18(12-16)10-15(20)19-8-6-13-4-2-3-5-14(13)19;/h2-5H,6-12,17H2,1H3;1H. The molecule has 0 aromatic heterocycles. The van der Waals surface area contributed by atoms with E-state index in [2.05, 4.69) is 17.9 Å². The number of likely N-dealkylation sites (tertiary alicyclic amines) is 1. The molecule has 116 valence electrons. The molecule has 0 bridgehead atoms. The van der Waals surface area contributed by atoms with E-state index < -0.39 is 0 Å². The van der Waals surface area contributed by atoms with Crippen molar-refractivity contribution in [3.8, 4) is 0 Å². The predicted octanol–water partition coefficient (Wildman–Crippen LogP) is 1.67. The van der Waals surface area contributed by atoms with Crippen LogP contribution in [-0.4, -0.2) is 43.5 Å². The number of carbonyl (C=O) groups is 1. The maximum absolute atomic E-state index is 12.5. The monoisotopic (exact) mass is 309 g/mol. The fourth-order valence-electron chi connectivity index (χ4n) is 3.30. The molecule has 0 aliphatic carbocycles. The predicted molar refractivity (Wildman–Crippen MR) is 88.0 cm³/mol. The van der Waals surface area contributed by atoms with E-state index in [0.29, 0.717) is 13.1 Å². The normalized spacial score (nSPS) is 24.8.